The summed E-state index contributed by atoms with van der Waals surface area (Å²) in [6, 6.07) is 0. The average Bonchev–Trinajstić information content (AvgIpc) is 2.43. The van der Waals surface area contributed by atoms with E-state index in [0.717, 1.165) is 12.8 Å². The Hall–Kier alpha value is -0.790. The largest absolute Gasteiger partial charge is 0.481 e. The van der Waals surface area contributed by atoms with Crippen LogP contribution in [0.3, 0.4) is 0 Å². The number of carboxylic acids is 1. The van der Waals surface area contributed by atoms with Crippen LogP contribution in [0, 0.1) is 0 Å². The van der Waals surface area contributed by atoms with Crippen LogP contribution >= 0.6 is 0 Å². The number of unbranched alkanes of at least 4 members (excludes halogenated alkanes) is 11. The van der Waals surface area contributed by atoms with Gasteiger partial charge in [0.25, 0.3) is 0 Å². The molecule has 0 aliphatic rings. The van der Waals surface area contributed by atoms with Crippen LogP contribution in [0.5, 0.6) is 0 Å². The second kappa shape index (κ2) is 16.3. The van der Waals surface area contributed by atoms with Gasteiger partial charge in [0.1, 0.15) is 0 Å². The summed E-state index contributed by atoms with van der Waals surface area (Å²) in [5, 5.41) is 8.51. The van der Waals surface area contributed by atoms with Gasteiger partial charge in [0.2, 0.25) is 0 Å². The maximum absolute atomic E-state index is 10.3. The van der Waals surface area contributed by atoms with Crippen LogP contribution in [0.4, 0.5) is 0 Å². The first-order valence-electron chi connectivity index (χ1n) is 8.64. The lowest BCUT2D eigenvalue weighted by molar-refractivity contribution is -0.137. The van der Waals surface area contributed by atoms with Gasteiger partial charge < -0.3 is 5.11 Å². The molecule has 0 atom stereocenters. The van der Waals surface area contributed by atoms with Gasteiger partial charge in [0, 0.05) is 6.42 Å². The molecule has 0 aromatic carbocycles. The first-order chi connectivity index (χ1) is 9.77. The molecule has 2 nitrogen and oxygen atoms in total. The quantitative estimate of drug-likeness (QED) is 0.224. The van der Waals surface area contributed by atoms with Crippen LogP contribution in [-0.2, 0) is 4.79 Å². The fraction of sp³-hybridized carbons (Fsp3) is 0.833. The lowest BCUT2D eigenvalue weighted by Gasteiger charge is -2.00. The lowest BCUT2D eigenvalue weighted by Crippen LogP contribution is -1.93. The van der Waals surface area contributed by atoms with Gasteiger partial charge >= 0.3 is 5.97 Å². The van der Waals surface area contributed by atoms with Gasteiger partial charge in [-0.25, -0.2) is 0 Å². The molecule has 0 radical (unpaired) electrons. The van der Waals surface area contributed by atoms with E-state index < -0.39 is 5.97 Å². The van der Waals surface area contributed by atoms with E-state index in [9.17, 15) is 4.79 Å². The molecule has 0 rings (SSSR count). The summed E-state index contributed by atoms with van der Waals surface area (Å²) in [6.45, 7) is 2.25. The number of hydrogen-bond acceptors (Lipinski definition) is 1. The van der Waals surface area contributed by atoms with Crippen LogP contribution < -0.4 is 0 Å². The molecule has 0 aromatic heterocycles. The van der Waals surface area contributed by atoms with E-state index >= 15 is 0 Å². The van der Waals surface area contributed by atoms with Gasteiger partial charge in [-0.3, -0.25) is 4.79 Å². The van der Waals surface area contributed by atoms with Gasteiger partial charge in [-0.05, 0) is 32.1 Å². The number of hydrogen-bond donors (Lipinski definition) is 1. The number of carboxylic acid groups (broad SMARTS) is 1. The van der Waals surface area contributed by atoms with E-state index in [0.29, 0.717) is 6.42 Å². The predicted octanol–water partition coefficient (Wildman–Crippen LogP) is 6.11. The summed E-state index contributed by atoms with van der Waals surface area (Å²) in [5.74, 6) is -0.661. The summed E-state index contributed by atoms with van der Waals surface area (Å²) < 4.78 is 0. The maximum Gasteiger partial charge on any atom is 0.303 e. The van der Waals surface area contributed by atoms with Crippen molar-refractivity contribution in [2.45, 2.75) is 96.8 Å². The van der Waals surface area contributed by atoms with Gasteiger partial charge in [-0.2, -0.15) is 0 Å². The monoisotopic (exact) mass is 283 g/mol. The van der Waals surface area contributed by atoms with Gasteiger partial charge in [-0.1, -0.05) is 70.4 Å². The fourth-order valence-corrected chi connectivity index (χ4v) is 2.35. The van der Waals surface area contributed by atoms with Crippen molar-refractivity contribution < 1.29 is 9.90 Å². The summed E-state index contributed by atoms with van der Waals surface area (Å²) in [4.78, 5) is 10.3. The second-order valence-electron chi connectivity index (χ2n) is 5.73. The van der Waals surface area contributed by atoms with Crippen molar-refractivity contribution in [2.24, 2.45) is 0 Å². The van der Waals surface area contributed by atoms with Crippen molar-refractivity contribution >= 4 is 5.97 Å². The first-order valence-corrected chi connectivity index (χ1v) is 8.64. The maximum atomic E-state index is 10.3. The number of allylic oxidation sites excluding steroid dienone is 2. The predicted molar refractivity (Wildman–Crippen MR) is 87.1 cm³/mol. The molecular formula is C18H34O2. The topological polar surface area (TPSA) is 37.3 Å². The average molecular weight is 283 g/mol. The van der Waals surface area contributed by atoms with Crippen molar-refractivity contribution in [3.63, 3.8) is 0 Å². The van der Waals surface area contributed by atoms with Crippen LogP contribution in [-0.4, -0.2) is 11.1 Å². The van der Waals surface area contributed by atoms with Crippen molar-refractivity contribution in [3.05, 3.63) is 12.2 Å². The lowest BCUT2D eigenvalue weighted by atomic mass is 10.1. The molecular weight excluding hydrogens is 249 g/mol. The molecule has 0 amide bonds. The second-order valence-corrected chi connectivity index (χ2v) is 5.73. The fourth-order valence-electron chi connectivity index (χ4n) is 2.35. The summed E-state index contributed by atoms with van der Waals surface area (Å²) in [6.07, 6.45) is 21.2. The van der Waals surface area contributed by atoms with Crippen molar-refractivity contribution in [3.8, 4) is 0 Å². The highest BCUT2D eigenvalue weighted by Crippen LogP contribution is 2.10. The Morgan fingerprint density at radius 3 is 1.70 bits per heavy atom. The molecule has 0 saturated heterocycles. The molecule has 0 spiro atoms. The Morgan fingerprint density at radius 2 is 1.20 bits per heavy atom. The normalized spacial score (nSPS) is 11.2. The zero-order valence-electron chi connectivity index (χ0n) is 13.4. The van der Waals surface area contributed by atoms with Crippen LogP contribution in [0.1, 0.15) is 96.8 Å². The highest BCUT2D eigenvalue weighted by atomic mass is 16.5. The molecule has 0 bridgehead atoms. The standard InChI is InChI=1S/C18H34O2/c1-2-3-4-5-6-7-8-9-10-11-12-13-14-15-16-17-18(19)20/h7-8H,2-6,9-17H2,1H3,(H,19,20)/i18+1. The van der Waals surface area contributed by atoms with E-state index in [1.807, 2.05) is 0 Å². The van der Waals surface area contributed by atoms with Gasteiger partial charge in [0.05, 0.1) is 0 Å². The molecule has 118 valence electrons. The smallest absolute Gasteiger partial charge is 0.303 e. The van der Waals surface area contributed by atoms with Crippen molar-refractivity contribution in [1.82, 2.24) is 0 Å². The molecule has 0 aliphatic heterocycles. The highest BCUT2D eigenvalue weighted by Gasteiger charge is 1.96. The van der Waals surface area contributed by atoms with E-state index in [4.69, 9.17) is 5.11 Å². The zero-order valence-corrected chi connectivity index (χ0v) is 13.4. The van der Waals surface area contributed by atoms with Gasteiger partial charge in [0.15, 0.2) is 0 Å². The minimum absolute atomic E-state index is 0.336. The Balaban J connectivity index is 3.05. The SMILES string of the molecule is CCCCCCC=CCCCCCCCCC[13C](=O)O. The number of rotatable bonds is 15. The molecule has 0 fully saturated rings. The molecule has 1 N–H and O–H groups in total. The summed E-state index contributed by atoms with van der Waals surface area (Å²) in [7, 11) is 0. The minimum Gasteiger partial charge on any atom is -0.481 e. The Bertz CT molecular complexity index is 234. The minimum atomic E-state index is -0.661. The first kappa shape index (κ1) is 19.2. The highest BCUT2D eigenvalue weighted by molar-refractivity contribution is 5.66. The van der Waals surface area contributed by atoms with E-state index in [1.165, 1.54) is 70.6 Å². The van der Waals surface area contributed by atoms with Gasteiger partial charge in [-0.15, -0.1) is 0 Å². The Labute approximate surface area is 125 Å². The third-order valence-electron chi connectivity index (χ3n) is 3.65. The molecule has 20 heavy (non-hydrogen) atoms. The van der Waals surface area contributed by atoms with E-state index in [2.05, 4.69) is 19.1 Å². The molecule has 0 aliphatic carbocycles. The molecule has 0 aromatic rings. The summed E-state index contributed by atoms with van der Waals surface area (Å²) >= 11 is 0. The Kier molecular flexibility index (Phi) is 15.6. The van der Waals surface area contributed by atoms with Crippen molar-refractivity contribution in [1.29, 1.82) is 0 Å². The third kappa shape index (κ3) is 17.2. The molecule has 0 saturated carbocycles. The Morgan fingerprint density at radius 1 is 0.750 bits per heavy atom. The van der Waals surface area contributed by atoms with E-state index in [-0.39, 0.29) is 0 Å². The van der Waals surface area contributed by atoms with E-state index in [1.54, 1.807) is 0 Å². The molecule has 0 heterocycles. The third-order valence-corrected chi connectivity index (χ3v) is 3.65. The van der Waals surface area contributed by atoms with Crippen molar-refractivity contribution in [2.75, 3.05) is 0 Å². The van der Waals surface area contributed by atoms with Crippen LogP contribution in [0.15, 0.2) is 12.2 Å². The zero-order chi connectivity index (χ0) is 14.9. The summed E-state index contributed by atoms with van der Waals surface area (Å²) in [5.41, 5.74) is 0. The van der Waals surface area contributed by atoms with Crippen LogP contribution in [0.25, 0.3) is 0 Å². The van der Waals surface area contributed by atoms with Crippen LogP contribution in [0.2, 0.25) is 0 Å². The molecule has 2 heteroatoms. The number of aliphatic carboxylic acids is 1. The number of carbonyl (C=O) groups is 1. The molecule has 0 unspecified atom stereocenters.